The second-order valence-corrected chi connectivity index (χ2v) is 7.34. The average Bonchev–Trinajstić information content (AvgIpc) is 3.21. The molecule has 0 aliphatic carbocycles. The van der Waals surface area contributed by atoms with Crippen LogP contribution in [0.1, 0.15) is 30.6 Å². The van der Waals surface area contributed by atoms with Crippen LogP contribution >= 0.6 is 22.9 Å². The van der Waals surface area contributed by atoms with Gasteiger partial charge in [-0.3, -0.25) is 10.1 Å². The quantitative estimate of drug-likeness (QED) is 0.394. The smallest absolute Gasteiger partial charge is 0.342 e. The minimum atomic E-state index is -0.980. The lowest BCUT2D eigenvalue weighted by molar-refractivity contribution is -0.124. The number of rotatable bonds is 8. The molecule has 3 aromatic rings. The lowest BCUT2D eigenvalue weighted by Gasteiger charge is -2.15. The number of thiazole rings is 1. The highest BCUT2D eigenvalue weighted by Gasteiger charge is 2.24. The minimum Gasteiger partial charge on any atom is -0.494 e. The van der Waals surface area contributed by atoms with Crippen LogP contribution in [0.25, 0.3) is 11.3 Å². The van der Waals surface area contributed by atoms with Crippen molar-refractivity contribution in [2.24, 2.45) is 0 Å². The van der Waals surface area contributed by atoms with Crippen molar-refractivity contribution in [2.45, 2.75) is 26.4 Å². The first-order valence-corrected chi connectivity index (χ1v) is 10.6. The Morgan fingerprint density at radius 2 is 1.97 bits per heavy atom. The van der Waals surface area contributed by atoms with E-state index in [-0.39, 0.29) is 10.7 Å². The molecule has 1 atom stereocenters. The summed E-state index contributed by atoms with van der Waals surface area (Å²) in [4.78, 5) is 33.2. The second-order valence-electron chi connectivity index (χ2n) is 6.13. The molecule has 0 aliphatic rings. The zero-order valence-electron chi connectivity index (χ0n) is 16.4. The molecule has 9 heteroatoms. The average molecular weight is 446 g/mol. The van der Waals surface area contributed by atoms with Crippen molar-refractivity contribution in [3.05, 3.63) is 58.7 Å². The summed E-state index contributed by atoms with van der Waals surface area (Å²) in [5.74, 6) is -0.380. The number of hydrogen-bond donors (Lipinski definition) is 1. The van der Waals surface area contributed by atoms with Crippen molar-refractivity contribution >= 4 is 39.9 Å². The first-order chi connectivity index (χ1) is 14.5. The molecular weight excluding hydrogens is 426 g/mol. The maximum absolute atomic E-state index is 12.6. The van der Waals surface area contributed by atoms with Gasteiger partial charge in [-0.1, -0.05) is 18.5 Å². The largest absolute Gasteiger partial charge is 0.494 e. The Morgan fingerprint density at radius 3 is 2.63 bits per heavy atom. The number of anilines is 1. The summed E-state index contributed by atoms with van der Waals surface area (Å²) < 4.78 is 10.8. The molecule has 0 bridgehead atoms. The number of carbonyl (C=O) groups excluding carboxylic acids is 2. The van der Waals surface area contributed by atoms with Gasteiger partial charge in [-0.25, -0.2) is 14.8 Å². The van der Waals surface area contributed by atoms with E-state index >= 15 is 0 Å². The molecule has 1 N–H and O–H groups in total. The van der Waals surface area contributed by atoms with Crippen LogP contribution in [0.4, 0.5) is 5.13 Å². The first-order valence-electron chi connectivity index (χ1n) is 9.33. The number of aromatic nitrogens is 2. The van der Waals surface area contributed by atoms with E-state index < -0.39 is 18.0 Å². The van der Waals surface area contributed by atoms with Crippen molar-refractivity contribution in [1.82, 2.24) is 9.97 Å². The van der Waals surface area contributed by atoms with E-state index in [1.54, 1.807) is 13.0 Å². The summed E-state index contributed by atoms with van der Waals surface area (Å²) in [6, 6.07) is 10.6. The molecule has 0 spiro atoms. The number of pyridine rings is 1. The molecule has 0 saturated carbocycles. The van der Waals surface area contributed by atoms with Crippen molar-refractivity contribution in [1.29, 1.82) is 0 Å². The number of nitrogens with zero attached hydrogens (tertiary/aromatic N) is 2. The fraction of sp³-hybridized carbons (Fsp3) is 0.238. The van der Waals surface area contributed by atoms with Crippen LogP contribution in [0.5, 0.6) is 5.75 Å². The summed E-state index contributed by atoms with van der Waals surface area (Å²) in [6.07, 6.45) is 0.784. The highest BCUT2D eigenvalue weighted by atomic mass is 35.5. The van der Waals surface area contributed by atoms with E-state index in [9.17, 15) is 9.59 Å². The lowest BCUT2D eigenvalue weighted by atomic mass is 10.2. The third kappa shape index (κ3) is 5.34. The molecule has 1 amide bonds. The van der Waals surface area contributed by atoms with Crippen LogP contribution in [0.15, 0.2) is 48.0 Å². The summed E-state index contributed by atoms with van der Waals surface area (Å²) in [7, 11) is 0. The molecule has 3 rings (SSSR count). The minimum absolute atomic E-state index is 0.0256. The first kappa shape index (κ1) is 21.7. The molecular formula is C21H20ClN3O4S. The van der Waals surface area contributed by atoms with Gasteiger partial charge in [-0.2, -0.15) is 0 Å². The van der Waals surface area contributed by atoms with E-state index in [4.69, 9.17) is 21.1 Å². The molecule has 7 nitrogen and oxygen atoms in total. The highest BCUT2D eigenvalue weighted by Crippen LogP contribution is 2.27. The van der Waals surface area contributed by atoms with Crippen molar-refractivity contribution in [3.63, 3.8) is 0 Å². The van der Waals surface area contributed by atoms with Gasteiger partial charge >= 0.3 is 5.97 Å². The van der Waals surface area contributed by atoms with Crippen molar-refractivity contribution in [3.8, 4) is 17.0 Å². The Labute approximate surface area is 183 Å². The summed E-state index contributed by atoms with van der Waals surface area (Å²) in [5, 5.41) is 4.99. The topological polar surface area (TPSA) is 90.4 Å². The standard InChI is InChI=1S/C21H20ClN3O4S/c1-3-17(29-20(27)15-6-5-11-23-18(15)22)19(26)25-21-24-16(12-30-21)13-7-9-14(10-8-13)28-4-2/h5-12,17H,3-4H2,1-2H3,(H,24,25,26). The normalized spacial score (nSPS) is 11.6. The van der Waals surface area contributed by atoms with Crippen LogP contribution in [0, 0.1) is 0 Å². The number of esters is 1. The maximum atomic E-state index is 12.6. The Kier molecular flexibility index (Phi) is 7.37. The fourth-order valence-electron chi connectivity index (χ4n) is 2.59. The van der Waals surface area contributed by atoms with Gasteiger partial charge in [0.25, 0.3) is 5.91 Å². The van der Waals surface area contributed by atoms with Crippen LogP contribution in [0.2, 0.25) is 5.15 Å². The maximum Gasteiger partial charge on any atom is 0.342 e. The van der Waals surface area contributed by atoms with Crippen LogP contribution in [0.3, 0.4) is 0 Å². The monoisotopic (exact) mass is 445 g/mol. The number of amides is 1. The Hall–Kier alpha value is -2.97. The predicted octanol–water partition coefficient (Wildman–Crippen LogP) is 4.83. The SMILES string of the molecule is CCOc1ccc(-c2csc(NC(=O)C(CC)OC(=O)c3cccnc3Cl)n2)cc1. The van der Waals surface area contributed by atoms with Crippen LogP contribution in [-0.2, 0) is 9.53 Å². The van der Waals surface area contributed by atoms with E-state index in [1.165, 1.54) is 23.6 Å². The van der Waals surface area contributed by atoms with Crippen LogP contribution < -0.4 is 10.1 Å². The molecule has 0 radical (unpaired) electrons. The molecule has 2 heterocycles. The van der Waals surface area contributed by atoms with Gasteiger partial charge in [-0.05, 0) is 49.7 Å². The molecule has 0 saturated heterocycles. The van der Waals surface area contributed by atoms with Gasteiger partial charge in [0, 0.05) is 17.1 Å². The van der Waals surface area contributed by atoms with E-state index in [0.717, 1.165) is 17.0 Å². The molecule has 1 unspecified atom stereocenters. The number of halogens is 1. The predicted molar refractivity (Wildman–Crippen MR) is 116 cm³/mol. The van der Waals surface area contributed by atoms with Gasteiger partial charge in [0.2, 0.25) is 0 Å². The fourth-order valence-corrected chi connectivity index (χ4v) is 3.51. The van der Waals surface area contributed by atoms with Gasteiger partial charge in [0.05, 0.1) is 17.9 Å². The summed E-state index contributed by atoms with van der Waals surface area (Å²) >= 11 is 7.20. The number of benzene rings is 1. The third-order valence-corrected chi connectivity index (χ3v) is 5.15. The molecule has 1 aromatic carbocycles. The molecule has 156 valence electrons. The van der Waals surface area contributed by atoms with Crippen molar-refractivity contribution < 1.29 is 19.1 Å². The number of nitrogens with one attached hydrogen (secondary N) is 1. The highest BCUT2D eigenvalue weighted by molar-refractivity contribution is 7.14. The van der Waals surface area contributed by atoms with E-state index in [0.29, 0.717) is 18.2 Å². The molecule has 2 aromatic heterocycles. The number of hydrogen-bond acceptors (Lipinski definition) is 7. The summed E-state index contributed by atoms with van der Waals surface area (Å²) in [5.41, 5.74) is 1.74. The van der Waals surface area contributed by atoms with E-state index in [2.05, 4.69) is 15.3 Å². The zero-order valence-corrected chi connectivity index (χ0v) is 18.0. The second kappa shape index (κ2) is 10.2. The van der Waals surface area contributed by atoms with Crippen LogP contribution in [-0.4, -0.2) is 34.6 Å². The Bertz CT molecular complexity index is 1020. The van der Waals surface area contributed by atoms with Gasteiger partial charge in [0.15, 0.2) is 11.2 Å². The summed E-state index contributed by atoms with van der Waals surface area (Å²) in [6.45, 7) is 4.27. The van der Waals surface area contributed by atoms with Gasteiger partial charge in [-0.15, -0.1) is 11.3 Å². The number of ether oxygens (including phenoxy) is 2. The Morgan fingerprint density at radius 1 is 1.20 bits per heavy atom. The number of carbonyl (C=O) groups is 2. The zero-order chi connectivity index (χ0) is 21.5. The van der Waals surface area contributed by atoms with E-state index in [1.807, 2.05) is 36.6 Å². The molecule has 0 aliphatic heterocycles. The molecule has 30 heavy (non-hydrogen) atoms. The lowest BCUT2D eigenvalue weighted by Crippen LogP contribution is -2.32. The molecule has 0 fully saturated rings. The van der Waals surface area contributed by atoms with Crippen molar-refractivity contribution in [2.75, 3.05) is 11.9 Å². The third-order valence-electron chi connectivity index (χ3n) is 4.09. The van der Waals surface area contributed by atoms with Gasteiger partial charge < -0.3 is 9.47 Å². The van der Waals surface area contributed by atoms with Gasteiger partial charge in [0.1, 0.15) is 10.9 Å². The Balaban J connectivity index is 1.64.